The van der Waals surface area contributed by atoms with Crippen LogP contribution < -0.4 is 5.32 Å². The maximum atomic E-state index is 12.0. The van der Waals surface area contributed by atoms with E-state index in [1.165, 1.54) is 0 Å². The van der Waals surface area contributed by atoms with Crippen LogP contribution in [0.15, 0.2) is 16.9 Å². The summed E-state index contributed by atoms with van der Waals surface area (Å²) in [6.07, 6.45) is 2.44. The minimum Gasteiger partial charge on any atom is -0.378 e. The summed E-state index contributed by atoms with van der Waals surface area (Å²) in [5.41, 5.74) is 1.73. The van der Waals surface area contributed by atoms with Crippen LogP contribution in [0, 0.1) is 12.8 Å². The number of halogens is 1. The highest BCUT2D eigenvalue weighted by atomic mass is 79.9. The van der Waals surface area contributed by atoms with Gasteiger partial charge >= 0.3 is 0 Å². The molecule has 0 aromatic carbocycles. The third-order valence-electron chi connectivity index (χ3n) is 2.99. The molecule has 17 heavy (non-hydrogen) atoms. The zero-order chi connectivity index (χ0) is 12.4. The van der Waals surface area contributed by atoms with Crippen LogP contribution >= 0.6 is 15.9 Å². The molecule has 1 aliphatic rings. The smallest absolute Gasteiger partial charge is 0.230 e. The Bertz CT molecular complexity index is 437. The fourth-order valence-corrected chi connectivity index (χ4v) is 2.15. The lowest BCUT2D eigenvalue weighted by molar-refractivity contribution is -0.121. The maximum absolute atomic E-state index is 12.0. The predicted octanol–water partition coefficient (Wildman–Crippen LogP) is 2.52. The van der Waals surface area contributed by atoms with Gasteiger partial charge in [-0.05, 0) is 47.8 Å². The Morgan fingerprint density at radius 3 is 3.00 bits per heavy atom. The molecule has 1 aromatic rings. The van der Waals surface area contributed by atoms with Gasteiger partial charge in [0.05, 0.1) is 23.9 Å². The van der Waals surface area contributed by atoms with Gasteiger partial charge in [0, 0.05) is 6.61 Å². The average Bonchev–Trinajstić information content (AvgIpc) is 2.70. The minimum absolute atomic E-state index is 0.000459. The molecule has 0 aliphatic carbocycles. The SMILES string of the molecule is Cc1cc(NC(=O)C2CCOC2C)cnc1Br. The lowest BCUT2D eigenvalue weighted by atomic mass is 10.0. The van der Waals surface area contributed by atoms with E-state index in [1.54, 1.807) is 6.20 Å². The molecule has 2 rings (SSSR count). The summed E-state index contributed by atoms with van der Waals surface area (Å²) in [6, 6.07) is 1.90. The van der Waals surface area contributed by atoms with Crippen molar-refractivity contribution in [3.05, 3.63) is 22.4 Å². The van der Waals surface area contributed by atoms with E-state index in [-0.39, 0.29) is 17.9 Å². The zero-order valence-electron chi connectivity index (χ0n) is 9.87. The number of carbonyl (C=O) groups is 1. The van der Waals surface area contributed by atoms with Gasteiger partial charge in [0.2, 0.25) is 5.91 Å². The number of anilines is 1. The molecule has 0 saturated carbocycles. The molecule has 2 unspecified atom stereocenters. The summed E-state index contributed by atoms with van der Waals surface area (Å²) in [5.74, 6) is -0.0440. The zero-order valence-corrected chi connectivity index (χ0v) is 11.5. The number of hydrogen-bond donors (Lipinski definition) is 1. The van der Waals surface area contributed by atoms with Crippen molar-refractivity contribution in [2.45, 2.75) is 26.4 Å². The van der Waals surface area contributed by atoms with Crippen molar-refractivity contribution in [2.24, 2.45) is 5.92 Å². The number of rotatable bonds is 2. The number of aryl methyl sites for hydroxylation is 1. The van der Waals surface area contributed by atoms with Gasteiger partial charge < -0.3 is 10.1 Å². The first-order valence-corrected chi connectivity index (χ1v) is 6.42. The number of nitrogens with zero attached hydrogens (tertiary/aromatic N) is 1. The monoisotopic (exact) mass is 298 g/mol. The normalized spacial score (nSPS) is 23.7. The number of pyridine rings is 1. The molecule has 2 heterocycles. The molecule has 1 N–H and O–H groups in total. The summed E-state index contributed by atoms with van der Waals surface area (Å²) in [7, 11) is 0. The molecule has 1 saturated heterocycles. The van der Waals surface area contributed by atoms with Gasteiger partial charge in [-0.3, -0.25) is 4.79 Å². The number of carbonyl (C=O) groups excluding carboxylic acids is 1. The summed E-state index contributed by atoms with van der Waals surface area (Å²) < 4.78 is 6.18. The summed E-state index contributed by atoms with van der Waals surface area (Å²) in [5, 5.41) is 2.88. The van der Waals surface area contributed by atoms with Crippen molar-refractivity contribution >= 4 is 27.5 Å². The molecule has 4 nitrogen and oxygen atoms in total. The second-order valence-corrected chi connectivity index (χ2v) is 5.04. The summed E-state index contributed by atoms with van der Waals surface area (Å²) >= 11 is 3.33. The van der Waals surface area contributed by atoms with Gasteiger partial charge in [0.15, 0.2) is 0 Å². The number of amides is 1. The Labute approximate surface area is 109 Å². The van der Waals surface area contributed by atoms with Gasteiger partial charge in [-0.2, -0.15) is 0 Å². The molecular formula is C12H15BrN2O2. The van der Waals surface area contributed by atoms with E-state index in [0.29, 0.717) is 6.61 Å². The first-order chi connectivity index (χ1) is 8.08. The first-order valence-electron chi connectivity index (χ1n) is 5.62. The van der Waals surface area contributed by atoms with Gasteiger partial charge in [-0.1, -0.05) is 0 Å². The van der Waals surface area contributed by atoms with Crippen LogP contribution in [0.1, 0.15) is 18.9 Å². The highest BCUT2D eigenvalue weighted by molar-refractivity contribution is 9.10. The molecule has 1 aliphatic heterocycles. The van der Waals surface area contributed by atoms with Crippen molar-refractivity contribution in [1.29, 1.82) is 0 Å². The second-order valence-electron chi connectivity index (χ2n) is 4.29. The number of hydrogen-bond acceptors (Lipinski definition) is 3. The van der Waals surface area contributed by atoms with Crippen molar-refractivity contribution in [3.8, 4) is 0 Å². The van der Waals surface area contributed by atoms with Crippen LogP contribution in [0.4, 0.5) is 5.69 Å². The molecule has 0 radical (unpaired) electrons. The number of aromatic nitrogens is 1. The number of nitrogens with one attached hydrogen (secondary N) is 1. The molecule has 1 aromatic heterocycles. The van der Waals surface area contributed by atoms with Crippen LogP contribution in [-0.2, 0) is 9.53 Å². The van der Waals surface area contributed by atoms with E-state index in [9.17, 15) is 4.79 Å². The van der Waals surface area contributed by atoms with Gasteiger partial charge in [-0.25, -0.2) is 4.98 Å². The van der Waals surface area contributed by atoms with Crippen molar-refractivity contribution in [3.63, 3.8) is 0 Å². The van der Waals surface area contributed by atoms with Crippen LogP contribution in [0.25, 0.3) is 0 Å². The Morgan fingerprint density at radius 2 is 2.41 bits per heavy atom. The lowest BCUT2D eigenvalue weighted by Gasteiger charge is -2.14. The summed E-state index contributed by atoms with van der Waals surface area (Å²) in [6.45, 7) is 4.53. The van der Waals surface area contributed by atoms with Gasteiger partial charge in [0.1, 0.15) is 4.60 Å². The van der Waals surface area contributed by atoms with Gasteiger partial charge in [0.25, 0.3) is 0 Å². The van der Waals surface area contributed by atoms with Crippen LogP contribution in [0.5, 0.6) is 0 Å². The van der Waals surface area contributed by atoms with E-state index < -0.39 is 0 Å². The van der Waals surface area contributed by atoms with Crippen LogP contribution in [0.3, 0.4) is 0 Å². The lowest BCUT2D eigenvalue weighted by Crippen LogP contribution is -2.27. The third kappa shape index (κ3) is 2.84. The molecule has 2 atom stereocenters. The molecule has 5 heteroatoms. The first kappa shape index (κ1) is 12.5. The standard InChI is InChI=1S/C12H15BrN2O2/c1-7-5-9(6-14-11(7)13)15-12(16)10-3-4-17-8(10)2/h5-6,8,10H,3-4H2,1-2H3,(H,15,16). The highest BCUT2D eigenvalue weighted by Crippen LogP contribution is 2.23. The van der Waals surface area contributed by atoms with E-state index in [4.69, 9.17) is 4.74 Å². The van der Waals surface area contributed by atoms with Gasteiger partial charge in [-0.15, -0.1) is 0 Å². The van der Waals surface area contributed by atoms with Crippen molar-refractivity contribution in [2.75, 3.05) is 11.9 Å². The molecule has 1 fully saturated rings. The highest BCUT2D eigenvalue weighted by Gasteiger charge is 2.30. The van der Waals surface area contributed by atoms with Crippen molar-refractivity contribution in [1.82, 2.24) is 4.98 Å². The fourth-order valence-electron chi connectivity index (χ4n) is 1.94. The number of ether oxygens (including phenoxy) is 1. The molecule has 0 bridgehead atoms. The minimum atomic E-state index is -0.0565. The summed E-state index contributed by atoms with van der Waals surface area (Å²) in [4.78, 5) is 16.1. The topological polar surface area (TPSA) is 51.2 Å². The van der Waals surface area contributed by atoms with E-state index >= 15 is 0 Å². The van der Waals surface area contributed by atoms with E-state index in [0.717, 1.165) is 22.3 Å². The van der Waals surface area contributed by atoms with Crippen molar-refractivity contribution < 1.29 is 9.53 Å². The Balaban J connectivity index is 2.05. The van der Waals surface area contributed by atoms with Crippen LogP contribution in [-0.4, -0.2) is 23.6 Å². The second kappa shape index (κ2) is 5.14. The van der Waals surface area contributed by atoms with E-state index in [1.807, 2.05) is 19.9 Å². The van der Waals surface area contributed by atoms with Crippen LogP contribution in [0.2, 0.25) is 0 Å². The molecule has 0 spiro atoms. The molecule has 92 valence electrons. The largest absolute Gasteiger partial charge is 0.378 e. The quantitative estimate of drug-likeness (QED) is 0.854. The fraction of sp³-hybridized carbons (Fsp3) is 0.500. The Kier molecular flexibility index (Phi) is 3.79. The van der Waals surface area contributed by atoms with E-state index in [2.05, 4.69) is 26.2 Å². The maximum Gasteiger partial charge on any atom is 0.230 e. The molecule has 1 amide bonds. The average molecular weight is 299 g/mol. The Morgan fingerprint density at radius 1 is 1.65 bits per heavy atom. The Hall–Kier alpha value is -0.940. The predicted molar refractivity (Wildman–Crippen MR) is 68.8 cm³/mol. The third-order valence-corrected chi connectivity index (χ3v) is 3.83. The molecular weight excluding hydrogens is 284 g/mol.